The van der Waals surface area contributed by atoms with Crippen LogP contribution < -0.4 is 10.2 Å². The maximum atomic E-state index is 13.8. The van der Waals surface area contributed by atoms with Crippen LogP contribution in [0, 0.1) is 11.7 Å². The number of hydrogen-bond acceptors (Lipinski definition) is 3. The molecular formula is C17H20FN2O3+. The lowest BCUT2D eigenvalue weighted by Gasteiger charge is -2.29. The van der Waals surface area contributed by atoms with Crippen molar-refractivity contribution in [1.82, 2.24) is 0 Å². The molecule has 0 aromatic heterocycles. The van der Waals surface area contributed by atoms with Gasteiger partial charge in [0.2, 0.25) is 5.54 Å². The standard InChI is InChI=1S/C17H19FN2O3/c1-2-23-15(21)11-9-17(20-7-3-4-14(11)20)12-8-10(18)5-6-13(12)19-16(17)22/h5-6,8,11,14H,2-4,7,9H2,1H3,(H,19,22)/p+1/t11-,14+,17+/m1/s1. The number of carbonyl (C=O) groups is 2. The highest BCUT2D eigenvalue weighted by molar-refractivity contribution is 6.05. The van der Waals surface area contributed by atoms with Crippen molar-refractivity contribution in [2.24, 2.45) is 5.92 Å². The average Bonchev–Trinajstić information content (AvgIpc) is 3.16. The molecule has 0 radical (unpaired) electrons. The smallest absolute Gasteiger partial charge is 0.315 e. The van der Waals surface area contributed by atoms with Crippen LogP contribution >= 0.6 is 0 Å². The van der Waals surface area contributed by atoms with Crippen molar-refractivity contribution in [2.45, 2.75) is 37.8 Å². The molecule has 2 N–H and O–H groups in total. The van der Waals surface area contributed by atoms with E-state index in [1.807, 2.05) is 0 Å². The summed E-state index contributed by atoms with van der Waals surface area (Å²) in [5, 5.41) is 2.88. The van der Waals surface area contributed by atoms with Gasteiger partial charge >= 0.3 is 5.97 Å². The molecule has 3 aliphatic heterocycles. The summed E-state index contributed by atoms with van der Waals surface area (Å²) in [6.45, 7) is 2.95. The third kappa shape index (κ3) is 1.87. The molecule has 1 unspecified atom stereocenters. The fourth-order valence-electron chi connectivity index (χ4n) is 4.80. The highest BCUT2D eigenvalue weighted by Gasteiger charge is 2.67. The topological polar surface area (TPSA) is 59.8 Å². The van der Waals surface area contributed by atoms with E-state index in [1.165, 1.54) is 12.1 Å². The fourth-order valence-corrected chi connectivity index (χ4v) is 4.80. The summed E-state index contributed by atoms with van der Waals surface area (Å²) in [7, 11) is 0. The Bertz CT molecular complexity index is 692. The second kappa shape index (κ2) is 5.03. The highest BCUT2D eigenvalue weighted by atomic mass is 19.1. The third-order valence-electron chi connectivity index (χ3n) is 5.64. The van der Waals surface area contributed by atoms with E-state index in [4.69, 9.17) is 4.74 Å². The van der Waals surface area contributed by atoms with Crippen molar-refractivity contribution in [3.63, 3.8) is 0 Å². The fraction of sp³-hybridized carbons (Fsp3) is 0.529. The molecule has 6 heteroatoms. The lowest BCUT2D eigenvalue weighted by molar-refractivity contribution is -0.947. The van der Waals surface area contributed by atoms with E-state index < -0.39 is 5.54 Å². The van der Waals surface area contributed by atoms with Crippen LogP contribution in [0.2, 0.25) is 0 Å². The molecule has 23 heavy (non-hydrogen) atoms. The minimum Gasteiger partial charge on any atom is -0.466 e. The maximum absolute atomic E-state index is 13.8. The molecular weight excluding hydrogens is 299 g/mol. The largest absolute Gasteiger partial charge is 0.466 e. The number of quaternary nitrogens is 1. The van der Waals surface area contributed by atoms with E-state index in [0.29, 0.717) is 24.3 Å². The Morgan fingerprint density at radius 1 is 1.52 bits per heavy atom. The van der Waals surface area contributed by atoms with Crippen LogP contribution in [-0.4, -0.2) is 31.1 Å². The molecule has 0 saturated carbocycles. The molecule has 1 amide bonds. The molecule has 122 valence electrons. The third-order valence-corrected chi connectivity index (χ3v) is 5.64. The Hall–Kier alpha value is -1.95. The van der Waals surface area contributed by atoms with Crippen molar-refractivity contribution in [3.05, 3.63) is 29.6 Å². The van der Waals surface area contributed by atoms with Crippen molar-refractivity contribution in [1.29, 1.82) is 0 Å². The molecule has 0 aliphatic carbocycles. The van der Waals surface area contributed by atoms with Gasteiger partial charge < -0.3 is 15.0 Å². The van der Waals surface area contributed by atoms with Crippen molar-refractivity contribution in [3.8, 4) is 0 Å². The van der Waals surface area contributed by atoms with Gasteiger partial charge in [-0.05, 0) is 25.1 Å². The monoisotopic (exact) mass is 319 g/mol. The number of rotatable bonds is 2. The summed E-state index contributed by atoms with van der Waals surface area (Å²) in [6, 6.07) is 4.49. The van der Waals surface area contributed by atoms with Gasteiger partial charge in [-0.2, -0.15) is 0 Å². The minimum atomic E-state index is -0.851. The van der Waals surface area contributed by atoms with E-state index in [1.54, 1.807) is 13.0 Å². The van der Waals surface area contributed by atoms with Gasteiger partial charge in [0.25, 0.3) is 5.91 Å². The van der Waals surface area contributed by atoms with Crippen LogP contribution in [0.15, 0.2) is 18.2 Å². The van der Waals surface area contributed by atoms with Gasteiger partial charge in [0.05, 0.1) is 18.8 Å². The molecule has 3 heterocycles. The van der Waals surface area contributed by atoms with Gasteiger partial charge in [-0.15, -0.1) is 0 Å². The second-order valence-corrected chi connectivity index (χ2v) is 6.64. The quantitative estimate of drug-likeness (QED) is 0.785. The number of esters is 1. The van der Waals surface area contributed by atoms with Crippen molar-refractivity contribution in [2.75, 3.05) is 18.5 Å². The van der Waals surface area contributed by atoms with Crippen molar-refractivity contribution < 1.29 is 23.6 Å². The normalized spacial score (nSPS) is 34.3. The molecule has 3 aliphatic rings. The lowest BCUT2D eigenvalue weighted by atomic mass is 9.84. The first-order valence-electron chi connectivity index (χ1n) is 8.22. The molecule has 1 aromatic rings. The zero-order chi connectivity index (χ0) is 16.2. The zero-order valence-electron chi connectivity index (χ0n) is 13.0. The minimum absolute atomic E-state index is 0.0778. The van der Waals surface area contributed by atoms with E-state index in [0.717, 1.165) is 24.3 Å². The summed E-state index contributed by atoms with van der Waals surface area (Å²) >= 11 is 0. The molecule has 4 rings (SSSR count). The van der Waals surface area contributed by atoms with Crippen LogP contribution in [-0.2, 0) is 19.9 Å². The first kappa shape index (κ1) is 14.6. The van der Waals surface area contributed by atoms with E-state index in [-0.39, 0.29) is 29.7 Å². The Morgan fingerprint density at radius 2 is 2.35 bits per heavy atom. The van der Waals surface area contributed by atoms with Crippen LogP contribution in [0.5, 0.6) is 0 Å². The number of hydrogen-bond donors (Lipinski definition) is 2. The van der Waals surface area contributed by atoms with E-state index in [9.17, 15) is 14.0 Å². The Kier molecular flexibility index (Phi) is 3.20. The number of ether oxygens (including phenoxy) is 1. The Morgan fingerprint density at radius 3 is 3.13 bits per heavy atom. The number of halogens is 1. The average molecular weight is 319 g/mol. The van der Waals surface area contributed by atoms with E-state index in [2.05, 4.69) is 5.32 Å². The van der Waals surface area contributed by atoms with Crippen LogP contribution in [0.1, 0.15) is 31.7 Å². The molecule has 5 nitrogen and oxygen atoms in total. The van der Waals surface area contributed by atoms with Gasteiger partial charge in [0.15, 0.2) is 0 Å². The highest BCUT2D eigenvalue weighted by Crippen LogP contribution is 2.44. The predicted molar refractivity (Wildman–Crippen MR) is 80.3 cm³/mol. The van der Waals surface area contributed by atoms with Gasteiger partial charge in [-0.25, -0.2) is 4.39 Å². The molecule has 2 saturated heterocycles. The SMILES string of the molecule is CCOC(=O)[C@@H]1C[C@]2(C(=O)Nc3ccc(F)cc32)[NH+]2CCC[C@@H]12. The van der Waals surface area contributed by atoms with Crippen LogP contribution in [0.3, 0.4) is 0 Å². The van der Waals surface area contributed by atoms with Gasteiger partial charge in [0.1, 0.15) is 17.8 Å². The van der Waals surface area contributed by atoms with E-state index >= 15 is 0 Å². The van der Waals surface area contributed by atoms with Gasteiger partial charge in [-0.3, -0.25) is 9.59 Å². The number of amides is 1. The Balaban J connectivity index is 1.81. The zero-order valence-corrected chi connectivity index (χ0v) is 13.0. The predicted octanol–water partition coefficient (Wildman–Crippen LogP) is 0.603. The number of nitrogens with one attached hydrogen (secondary N) is 2. The Labute approximate surface area is 133 Å². The summed E-state index contributed by atoms with van der Waals surface area (Å²) in [6.07, 6.45) is 2.27. The molecule has 1 aromatic carbocycles. The lowest BCUT2D eigenvalue weighted by Crippen LogP contribution is -3.19. The number of benzene rings is 1. The summed E-state index contributed by atoms with van der Waals surface area (Å²) in [4.78, 5) is 26.3. The molecule has 1 spiro atoms. The first-order chi connectivity index (χ1) is 11.1. The number of anilines is 1. The molecule has 2 fully saturated rings. The first-order valence-corrected chi connectivity index (χ1v) is 8.22. The second-order valence-electron chi connectivity index (χ2n) is 6.64. The van der Waals surface area contributed by atoms with Gasteiger partial charge in [-0.1, -0.05) is 0 Å². The van der Waals surface area contributed by atoms with Crippen molar-refractivity contribution >= 4 is 17.6 Å². The van der Waals surface area contributed by atoms with Gasteiger partial charge in [0, 0.05) is 24.8 Å². The maximum Gasteiger partial charge on any atom is 0.315 e. The molecule has 4 atom stereocenters. The molecule has 0 bridgehead atoms. The number of fused-ring (bicyclic) bond motifs is 4. The number of carbonyl (C=O) groups excluding carboxylic acids is 2. The summed E-state index contributed by atoms with van der Waals surface area (Å²) < 4.78 is 19.0. The summed E-state index contributed by atoms with van der Waals surface area (Å²) in [5.41, 5.74) is 0.506. The van der Waals surface area contributed by atoms with Crippen LogP contribution in [0.4, 0.5) is 10.1 Å². The summed E-state index contributed by atoms with van der Waals surface area (Å²) in [5.74, 6) is -1.000. The van der Waals surface area contributed by atoms with Crippen LogP contribution in [0.25, 0.3) is 0 Å².